The molecule has 0 unspecified atom stereocenters. The van der Waals surface area contributed by atoms with Crippen LogP contribution in [0, 0.1) is 11.3 Å². The summed E-state index contributed by atoms with van der Waals surface area (Å²) in [6, 6.07) is 8.96. The maximum Gasteiger partial charge on any atom is 0.258 e. The van der Waals surface area contributed by atoms with Gasteiger partial charge in [0, 0.05) is 7.05 Å². The molecule has 1 amide bonds. The second-order valence-electron chi connectivity index (χ2n) is 3.25. The Hall–Kier alpha value is -2.02. The normalized spacial score (nSPS) is 9.31. The zero-order valence-electron chi connectivity index (χ0n) is 9.43. The molecule has 0 aliphatic heterocycles. The highest BCUT2D eigenvalue weighted by atomic mass is 16.5. The molecule has 0 spiro atoms. The minimum atomic E-state index is -0.203. The summed E-state index contributed by atoms with van der Waals surface area (Å²) in [6.45, 7) is 2.44. The Morgan fingerprint density at radius 1 is 1.50 bits per heavy atom. The first kappa shape index (κ1) is 12.1. The van der Waals surface area contributed by atoms with E-state index >= 15 is 0 Å². The maximum atomic E-state index is 11.9. The van der Waals surface area contributed by atoms with Gasteiger partial charge in [-0.05, 0) is 19.1 Å². The van der Waals surface area contributed by atoms with Gasteiger partial charge in [0.15, 0.2) is 0 Å². The molecular formula is C12H14N2O2. The van der Waals surface area contributed by atoms with E-state index in [0.29, 0.717) is 17.9 Å². The predicted molar refractivity (Wildman–Crippen MR) is 60.2 cm³/mol. The van der Waals surface area contributed by atoms with Gasteiger partial charge in [0.1, 0.15) is 12.3 Å². The largest absolute Gasteiger partial charge is 0.493 e. The Balaban J connectivity index is 2.94. The molecule has 0 heterocycles. The van der Waals surface area contributed by atoms with Crippen LogP contribution in [-0.4, -0.2) is 31.0 Å². The van der Waals surface area contributed by atoms with E-state index < -0.39 is 0 Å². The van der Waals surface area contributed by atoms with Crippen molar-refractivity contribution in [3.05, 3.63) is 29.8 Å². The molecule has 0 aromatic heterocycles. The summed E-state index contributed by atoms with van der Waals surface area (Å²) in [4.78, 5) is 13.3. The van der Waals surface area contributed by atoms with Crippen molar-refractivity contribution < 1.29 is 9.53 Å². The second kappa shape index (κ2) is 5.76. The van der Waals surface area contributed by atoms with Crippen molar-refractivity contribution in [1.82, 2.24) is 4.90 Å². The average molecular weight is 218 g/mol. The molecule has 0 fully saturated rings. The molecule has 0 bridgehead atoms. The standard InChI is InChI=1S/C12H14N2O2/c1-3-16-11-7-5-4-6-10(11)12(15)14(2)9-8-13/h4-7H,3,9H2,1-2H3. The highest BCUT2D eigenvalue weighted by Gasteiger charge is 2.15. The lowest BCUT2D eigenvalue weighted by Gasteiger charge is -2.15. The molecule has 16 heavy (non-hydrogen) atoms. The van der Waals surface area contributed by atoms with E-state index in [1.54, 1.807) is 25.2 Å². The fourth-order valence-corrected chi connectivity index (χ4v) is 1.31. The van der Waals surface area contributed by atoms with Crippen molar-refractivity contribution in [1.29, 1.82) is 5.26 Å². The number of nitrogens with zero attached hydrogens (tertiary/aromatic N) is 2. The summed E-state index contributed by atoms with van der Waals surface area (Å²) in [5, 5.41) is 8.53. The molecule has 1 rings (SSSR count). The Morgan fingerprint density at radius 3 is 2.81 bits per heavy atom. The number of rotatable bonds is 4. The van der Waals surface area contributed by atoms with Crippen molar-refractivity contribution in [2.75, 3.05) is 20.2 Å². The van der Waals surface area contributed by atoms with Crippen molar-refractivity contribution in [2.24, 2.45) is 0 Å². The predicted octanol–water partition coefficient (Wildman–Crippen LogP) is 1.68. The van der Waals surface area contributed by atoms with Crippen LogP contribution in [0.2, 0.25) is 0 Å². The summed E-state index contributed by atoms with van der Waals surface area (Å²) in [5.41, 5.74) is 0.488. The van der Waals surface area contributed by atoms with Crippen LogP contribution in [0.1, 0.15) is 17.3 Å². The lowest BCUT2D eigenvalue weighted by Crippen LogP contribution is -2.27. The molecule has 0 saturated heterocycles. The highest BCUT2D eigenvalue weighted by Crippen LogP contribution is 2.19. The van der Waals surface area contributed by atoms with E-state index in [1.165, 1.54) is 4.90 Å². The van der Waals surface area contributed by atoms with Crippen LogP contribution in [-0.2, 0) is 0 Å². The third-order valence-electron chi connectivity index (χ3n) is 2.07. The number of para-hydroxylation sites is 1. The number of ether oxygens (including phenoxy) is 1. The highest BCUT2D eigenvalue weighted by molar-refractivity contribution is 5.96. The van der Waals surface area contributed by atoms with Crippen LogP contribution < -0.4 is 4.74 Å². The van der Waals surface area contributed by atoms with Gasteiger partial charge in [-0.15, -0.1) is 0 Å². The topological polar surface area (TPSA) is 53.3 Å². The van der Waals surface area contributed by atoms with Gasteiger partial charge in [-0.3, -0.25) is 4.79 Å². The Labute approximate surface area is 95.0 Å². The minimum Gasteiger partial charge on any atom is -0.493 e. The van der Waals surface area contributed by atoms with E-state index in [-0.39, 0.29) is 12.5 Å². The summed E-state index contributed by atoms with van der Waals surface area (Å²) >= 11 is 0. The summed E-state index contributed by atoms with van der Waals surface area (Å²) in [7, 11) is 1.59. The van der Waals surface area contributed by atoms with E-state index in [4.69, 9.17) is 10.00 Å². The molecule has 4 nitrogen and oxygen atoms in total. The lowest BCUT2D eigenvalue weighted by atomic mass is 10.2. The maximum absolute atomic E-state index is 11.9. The van der Waals surface area contributed by atoms with Crippen LogP contribution in [0.15, 0.2) is 24.3 Å². The van der Waals surface area contributed by atoms with Gasteiger partial charge in [-0.25, -0.2) is 0 Å². The van der Waals surface area contributed by atoms with Crippen LogP contribution in [0.5, 0.6) is 5.75 Å². The third kappa shape index (κ3) is 2.74. The molecule has 0 radical (unpaired) electrons. The number of benzene rings is 1. The van der Waals surface area contributed by atoms with Crippen molar-refractivity contribution in [3.63, 3.8) is 0 Å². The number of amides is 1. The number of hydrogen-bond acceptors (Lipinski definition) is 3. The number of carbonyl (C=O) groups is 1. The molecule has 1 aromatic rings. The molecule has 0 aliphatic carbocycles. The SMILES string of the molecule is CCOc1ccccc1C(=O)N(C)CC#N. The average Bonchev–Trinajstić information content (AvgIpc) is 2.29. The van der Waals surface area contributed by atoms with E-state index in [0.717, 1.165) is 0 Å². The van der Waals surface area contributed by atoms with Gasteiger partial charge in [0.25, 0.3) is 5.91 Å². The fourth-order valence-electron chi connectivity index (χ4n) is 1.31. The van der Waals surface area contributed by atoms with E-state index in [1.807, 2.05) is 19.1 Å². The van der Waals surface area contributed by atoms with Crippen LogP contribution >= 0.6 is 0 Å². The number of nitriles is 1. The minimum absolute atomic E-state index is 0.0687. The smallest absolute Gasteiger partial charge is 0.258 e. The van der Waals surface area contributed by atoms with Gasteiger partial charge < -0.3 is 9.64 Å². The van der Waals surface area contributed by atoms with E-state index in [2.05, 4.69) is 0 Å². The van der Waals surface area contributed by atoms with Crippen LogP contribution in [0.25, 0.3) is 0 Å². The zero-order chi connectivity index (χ0) is 12.0. The molecule has 0 N–H and O–H groups in total. The Kier molecular flexibility index (Phi) is 4.34. The Bertz CT molecular complexity index is 410. The summed E-state index contributed by atoms with van der Waals surface area (Å²) in [6.07, 6.45) is 0. The molecule has 0 aliphatic rings. The number of hydrogen-bond donors (Lipinski definition) is 0. The summed E-state index contributed by atoms with van der Waals surface area (Å²) < 4.78 is 5.36. The van der Waals surface area contributed by atoms with Gasteiger partial charge in [0.2, 0.25) is 0 Å². The van der Waals surface area contributed by atoms with Crippen molar-refractivity contribution in [2.45, 2.75) is 6.92 Å². The zero-order valence-corrected chi connectivity index (χ0v) is 9.43. The van der Waals surface area contributed by atoms with Gasteiger partial charge in [0.05, 0.1) is 18.2 Å². The molecule has 0 atom stereocenters. The molecule has 1 aromatic carbocycles. The van der Waals surface area contributed by atoms with Crippen molar-refractivity contribution in [3.8, 4) is 11.8 Å². The Morgan fingerprint density at radius 2 is 2.19 bits per heavy atom. The van der Waals surface area contributed by atoms with Gasteiger partial charge in [-0.1, -0.05) is 12.1 Å². The first-order chi connectivity index (χ1) is 7.70. The monoisotopic (exact) mass is 218 g/mol. The quantitative estimate of drug-likeness (QED) is 0.722. The first-order valence-electron chi connectivity index (χ1n) is 5.05. The first-order valence-corrected chi connectivity index (χ1v) is 5.05. The fraction of sp³-hybridized carbons (Fsp3) is 0.333. The van der Waals surface area contributed by atoms with Crippen LogP contribution in [0.3, 0.4) is 0 Å². The van der Waals surface area contributed by atoms with Crippen LogP contribution in [0.4, 0.5) is 0 Å². The van der Waals surface area contributed by atoms with Crippen molar-refractivity contribution >= 4 is 5.91 Å². The molecule has 4 heteroatoms. The van der Waals surface area contributed by atoms with Gasteiger partial charge >= 0.3 is 0 Å². The lowest BCUT2D eigenvalue weighted by molar-refractivity contribution is 0.0808. The molecule has 0 saturated carbocycles. The second-order valence-corrected chi connectivity index (χ2v) is 3.25. The van der Waals surface area contributed by atoms with E-state index in [9.17, 15) is 4.79 Å². The molecular weight excluding hydrogens is 204 g/mol. The van der Waals surface area contributed by atoms with Gasteiger partial charge in [-0.2, -0.15) is 5.26 Å². The molecule has 84 valence electrons. The third-order valence-corrected chi connectivity index (χ3v) is 2.07. The summed E-state index contributed by atoms with van der Waals surface area (Å²) in [5.74, 6) is 0.352. The number of carbonyl (C=O) groups excluding carboxylic acids is 1.